The molecule has 0 amide bonds. The Morgan fingerprint density at radius 1 is 1.57 bits per heavy atom. The van der Waals surface area contributed by atoms with Gasteiger partial charge in [0.25, 0.3) is 0 Å². The molecule has 4 heteroatoms. The molecule has 1 aromatic heterocycles. The molecule has 0 aromatic carbocycles. The van der Waals surface area contributed by atoms with Crippen LogP contribution >= 0.6 is 27.5 Å². The first kappa shape index (κ1) is 10.4. The maximum absolute atomic E-state index is 5.89. The molecule has 1 N–H and O–H groups in total. The van der Waals surface area contributed by atoms with Gasteiger partial charge in [0.1, 0.15) is 0 Å². The smallest absolute Gasteiger partial charge is 0.0683 e. The van der Waals surface area contributed by atoms with Crippen LogP contribution in [-0.2, 0) is 6.54 Å². The fraction of sp³-hybridized carbons (Fsp3) is 0.500. The molecule has 0 spiro atoms. The summed E-state index contributed by atoms with van der Waals surface area (Å²) >= 11 is 9.36. The van der Waals surface area contributed by atoms with Gasteiger partial charge in [-0.3, -0.25) is 4.98 Å². The van der Waals surface area contributed by atoms with E-state index in [1.165, 1.54) is 0 Å². The van der Waals surface area contributed by atoms with E-state index >= 15 is 0 Å². The van der Waals surface area contributed by atoms with Gasteiger partial charge in [-0.1, -0.05) is 0 Å². The number of alkyl halides is 1. The summed E-state index contributed by atoms with van der Waals surface area (Å²) in [6.07, 6.45) is 3.96. The second-order valence-corrected chi connectivity index (χ2v) is 5.05. The van der Waals surface area contributed by atoms with Crippen molar-refractivity contribution in [2.24, 2.45) is 0 Å². The van der Waals surface area contributed by atoms with Crippen LogP contribution in [0.1, 0.15) is 18.5 Å². The van der Waals surface area contributed by atoms with Crippen molar-refractivity contribution in [3.05, 3.63) is 28.5 Å². The van der Waals surface area contributed by atoms with E-state index in [0.29, 0.717) is 11.4 Å². The fourth-order valence-electron chi connectivity index (χ4n) is 1.50. The van der Waals surface area contributed by atoms with Gasteiger partial charge in [0.15, 0.2) is 0 Å². The number of aromatic nitrogens is 1. The molecule has 0 aliphatic heterocycles. The standard InChI is InChI=1S/C10H12BrClN2/c11-9-2-1-3-13-10(9)6-14-8-4-7(12)5-8/h1-3,7-8,14H,4-6H2. The first-order chi connectivity index (χ1) is 6.75. The lowest BCUT2D eigenvalue weighted by Gasteiger charge is -2.31. The minimum atomic E-state index is 0.375. The van der Waals surface area contributed by atoms with Crippen LogP contribution in [0.4, 0.5) is 0 Å². The minimum Gasteiger partial charge on any atom is -0.308 e. The number of hydrogen-bond acceptors (Lipinski definition) is 2. The molecule has 1 fully saturated rings. The van der Waals surface area contributed by atoms with Crippen molar-refractivity contribution in [2.75, 3.05) is 0 Å². The molecule has 0 bridgehead atoms. The van der Waals surface area contributed by atoms with Crippen molar-refractivity contribution < 1.29 is 0 Å². The monoisotopic (exact) mass is 274 g/mol. The van der Waals surface area contributed by atoms with Gasteiger partial charge in [-0.2, -0.15) is 0 Å². The molecule has 0 saturated heterocycles. The molecule has 0 radical (unpaired) electrons. The number of halogens is 2. The summed E-state index contributed by atoms with van der Waals surface area (Å²) in [7, 11) is 0. The summed E-state index contributed by atoms with van der Waals surface area (Å²) in [6.45, 7) is 0.815. The van der Waals surface area contributed by atoms with Crippen LogP contribution in [0, 0.1) is 0 Å². The topological polar surface area (TPSA) is 24.9 Å². The number of nitrogens with zero attached hydrogens (tertiary/aromatic N) is 1. The van der Waals surface area contributed by atoms with Crippen LogP contribution in [-0.4, -0.2) is 16.4 Å². The van der Waals surface area contributed by atoms with Crippen molar-refractivity contribution >= 4 is 27.5 Å². The predicted octanol–water partition coefficient (Wildman–Crippen LogP) is 2.70. The Morgan fingerprint density at radius 2 is 2.36 bits per heavy atom. The Bertz CT molecular complexity index is 313. The summed E-state index contributed by atoms with van der Waals surface area (Å²) in [5.41, 5.74) is 1.06. The summed E-state index contributed by atoms with van der Waals surface area (Å²) < 4.78 is 1.06. The van der Waals surface area contributed by atoms with Gasteiger partial charge in [-0.05, 0) is 40.9 Å². The van der Waals surface area contributed by atoms with E-state index in [-0.39, 0.29) is 0 Å². The van der Waals surface area contributed by atoms with E-state index in [1.807, 2.05) is 18.3 Å². The number of rotatable bonds is 3. The van der Waals surface area contributed by atoms with E-state index in [9.17, 15) is 0 Å². The maximum Gasteiger partial charge on any atom is 0.0683 e. The lowest BCUT2D eigenvalue weighted by Crippen LogP contribution is -2.41. The Morgan fingerprint density at radius 3 is 3.00 bits per heavy atom. The second-order valence-electron chi connectivity index (χ2n) is 3.58. The minimum absolute atomic E-state index is 0.375. The third-order valence-corrected chi connectivity index (χ3v) is 3.55. The molecule has 0 unspecified atom stereocenters. The summed E-state index contributed by atoms with van der Waals surface area (Å²) in [5.74, 6) is 0. The normalized spacial score (nSPS) is 25.9. The van der Waals surface area contributed by atoms with Gasteiger partial charge in [0.2, 0.25) is 0 Å². The average Bonchev–Trinajstić information content (AvgIpc) is 2.13. The number of nitrogens with one attached hydrogen (secondary N) is 1. The van der Waals surface area contributed by atoms with Crippen molar-refractivity contribution in [3.63, 3.8) is 0 Å². The molecule has 2 rings (SSSR count). The van der Waals surface area contributed by atoms with Crippen LogP contribution in [0.5, 0.6) is 0 Å². The molecule has 2 nitrogen and oxygen atoms in total. The van der Waals surface area contributed by atoms with E-state index in [1.54, 1.807) is 0 Å². The van der Waals surface area contributed by atoms with Gasteiger partial charge in [0, 0.05) is 28.6 Å². The van der Waals surface area contributed by atoms with Gasteiger partial charge in [0.05, 0.1) is 5.69 Å². The third-order valence-electron chi connectivity index (χ3n) is 2.47. The number of hydrogen-bond donors (Lipinski definition) is 1. The van der Waals surface area contributed by atoms with Gasteiger partial charge >= 0.3 is 0 Å². The van der Waals surface area contributed by atoms with Gasteiger partial charge in [-0.15, -0.1) is 11.6 Å². The molecule has 14 heavy (non-hydrogen) atoms. The summed E-state index contributed by atoms with van der Waals surface area (Å²) in [4.78, 5) is 4.29. The largest absolute Gasteiger partial charge is 0.308 e. The van der Waals surface area contributed by atoms with Crippen LogP contribution < -0.4 is 5.32 Å². The van der Waals surface area contributed by atoms with Crippen molar-refractivity contribution in [1.29, 1.82) is 0 Å². The predicted molar refractivity (Wildman–Crippen MR) is 61.4 cm³/mol. The maximum atomic E-state index is 5.89. The quantitative estimate of drug-likeness (QED) is 0.858. The van der Waals surface area contributed by atoms with Crippen molar-refractivity contribution in [3.8, 4) is 0 Å². The second kappa shape index (κ2) is 4.60. The lowest BCUT2D eigenvalue weighted by atomic mass is 9.92. The number of pyridine rings is 1. The van der Waals surface area contributed by atoms with E-state index in [4.69, 9.17) is 11.6 Å². The van der Waals surface area contributed by atoms with Crippen molar-refractivity contribution in [1.82, 2.24) is 10.3 Å². The molecule has 1 saturated carbocycles. The Balaban J connectivity index is 1.83. The SMILES string of the molecule is ClC1CC(NCc2ncccc2Br)C1. The Hall–Kier alpha value is -0.120. The van der Waals surface area contributed by atoms with Crippen LogP contribution in [0.25, 0.3) is 0 Å². The highest BCUT2D eigenvalue weighted by Gasteiger charge is 2.26. The molecular formula is C10H12BrClN2. The highest BCUT2D eigenvalue weighted by atomic mass is 79.9. The van der Waals surface area contributed by atoms with Crippen LogP contribution in [0.2, 0.25) is 0 Å². The first-order valence-electron chi connectivity index (χ1n) is 4.72. The highest BCUT2D eigenvalue weighted by molar-refractivity contribution is 9.10. The summed E-state index contributed by atoms with van der Waals surface area (Å²) in [6, 6.07) is 4.51. The zero-order chi connectivity index (χ0) is 9.97. The van der Waals surface area contributed by atoms with Crippen LogP contribution in [0.15, 0.2) is 22.8 Å². The zero-order valence-electron chi connectivity index (χ0n) is 7.71. The van der Waals surface area contributed by atoms with Gasteiger partial charge < -0.3 is 5.32 Å². The average molecular weight is 276 g/mol. The van der Waals surface area contributed by atoms with Gasteiger partial charge in [-0.25, -0.2) is 0 Å². The third kappa shape index (κ3) is 2.47. The molecule has 1 aromatic rings. The molecule has 76 valence electrons. The fourth-order valence-corrected chi connectivity index (χ4v) is 2.33. The Labute approximate surface area is 97.2 Å². The van der Waals surface area contributed by atoms with Crippen LogP contribution in [0.3, 0.4) is 0 Å². The summed E-state index contributed by atoms with van der Waals surface area (Å²) in [5, 5.41) is 3.80. The first-order valence-corrected chi connectivity index (χ1v) is 5.95. The van der Waals surface area contributed by atoms with E-state index in [0.717, 1.165) is 29.6 Å². The zero-order valence-corrected chi connectivity index (χ0v) is 10.1. The lowest BCUT2D eigenvalue weighted by molar-refractivity contribution is 0.343. The molecule has 1 aliphatic carbocycles. The Kier molecular flexibility index (Phi) is 3.42. The van der Waals surface area contributed by atoms with E-state index < -0.39 is 0 Å². The molecule has 1 heterocycles. The van der Waals surface area contributed by atoms with Crippen molar-refractivity contribution in [2.45, 2.75) is 30.8 Å². The highest BCUT2D eigenvalue weighted by Crippen LogP contribution is 2.25. The van der Waals surface area contributed by atoms with E-state index in [2.05, 4.69) is 26.2 Å². The molecule has 1 aliphatic rings. The molecule has 0 atom stereocenters. The molecular weight excluding hydrogens is 263 g/mol.